The lowest BCUT2D eigenvalue weighted by molar-refractivity contribution is -0.123. The van der Waals surface area contributed by atoms with Crippen LogP contribution >= 0.6 is 0 Å². The molecule has 0 spiro atoms. The Balaban J connectivity index is 1.75. The highest BCUT2D eigenvalue weighted by Gasteiger charge is 2.22. The molecule has 104 valence electrons. The summed E-state index contributed by atoms with van der Waals surface area (Å²) < 4.78 is 18.4. The Labute approximate surface area is 112 Å². The predicted molar refractivity (Wildman–Crippen MR) is 70.5 cm³/mol. The lowest BCUT2D eigenvalue weighted by Crippen LogP contribution is -2.46. The van der Waals surface area contributed by atoms with Crippen molar-refractivity contribution in [1.29, 1.82) is 0 Å². The molecule has 5 heteroatoms. The molecule has 1 aromatic rings. The Bertz CT molecular complexity index is 433. The first-order valence-corrected chi connectivity index (χ1v) is 6.57. The van der Waals surface area contributed by atoms with Gasteiger partial charge in [-0.3, -0.25) is 4.79 Å². The van der Waals surface area contributed by atoms with E-state index < -0.39 is 0 Å². The average molecular weight is 266 g/mol. The maximum atomic E-state index is 12.9. The van der Waals surface area contributed by atoms with Crippen molar-refractivity contribution in [3.8, 4) is 5.75 Å². The van der Waals surface area contributed by atoms with Gasteiger partial charge in [-0.1, -0.05) is 6.07 Å². The standard InChI is InChI=1S/C14H19FN2O2/c1-10(17-14(18)13-6-3-7-16-13)9-19-12-5-2-4-11(15)8-12/h2,4-5,8,10,13,16H,3,6-7,9H2,1H3,(H,17,18). The third-order valence-corrected chi connectivity index (χ3v) is 3.06. The number of ether oxygens (including phenoxy) is 1. The van der Waals surface area contributed by atoms with Gasteiger partial charge in [-0.2, -0.15) is 0 Å². The summed E-state index contributed by atoms with van der Waals surface area (Å²) in [6.07, 6.45) is 1.91. The van der Waals surface area contributed by atoms with E-state index in [0.29, 0.717) is 12.4 Å². The van der Waals surface area contributed by atoms with Crippen LogP contribution in [0.3, 0.4) is 0 Å². The Hall–Kier alpha value is -1.62. The van der Waals surface area contributed by atoms with Gasteiger partial charge in [0.15, 0.2) is 0 Å². The molecular weight excluding hydrogens is 247 g/mol. The molecule has 2 N–H and O–H groups in total. The summed E-state index contributed by atoms with van der Waals surface area (Å²) in [6.45, 7) is 3.08. The van der Waals surface area contributed by atoms with Crippen molar-refractivity contribution in [1.82, 2.24) is 10.6 Å². The molecule has 1 aromatic carbocycles. The molecule has 0 aromatic heterocycles. The van der Waals surface area contributed by atoms with Crippen molar-refractivity contribution in [3.63, 3.8) is 0 Å². The van der Waals surface area contributed by atoms with Gasteiger partial charge in [-0.05, 0) is 38.4 Å². The predicted octanol–water partition coefficient (Wildman–Crippen LogP) is 1.46. The van der Waals surface area contributed by atoms with Crippen molar-refractivity contribution >= 4 is 5.91 Å². The van der Waals surface area contributed by atoms with Gasteiger partial charge in [0.25, 0.3) is 0 Å². The van der Waals surface area contributed by atoms with Crippen LogP contribution in [0.15, 0.2) is 24.3 Å². The van der Waals surface area contributed by atoms with Crippen LogP contribution in [0, 0.1) is 5.82 Å². The molecule has 2 rings (SSSR count). The lowest BCUT2D eigenvalue weighted by atomic mass is 10.2. The van der Waals surface area contributed by atoms with Crippen LogP contribution in [0.1, 0.15) is 19.8 Å². The van der Waals surface area contributed by atoms with Crippen LogP contribution in [0.5, 0.6) is 5.75 Å². The van der Waals surface area contributed by atoms with E-state index in [1.807, 2.05) is 6.92 Å². The molecule has 1 saturated heterocycles. The van der Waals surface area contributed by atoms with Crippen LogP contribution in [-0.2, 0) is 4.79 Å². The smallest absolute Gasteiger partial charge is 0.237 e. The second-order valence-electron chi connectivity index (χ2n) is 4.83. The van der Waals surface area contributed by atoms with Gasteiger partial charge < -0.3 is 15.4 Å². The summed E-state index contributed by atoms with van der Waals surface area (Å²) >= 11 is 0. The molecule has 0 bridgehead atoms. The molecule has 1 heterocycles. The molecule has 1 aliphatic heterocycles. The van der Waals surface area contributed by atoms with E-state index in [2.05, 4.69) is 10.6 Å². The van der Waals surface area contributed by atoms with Crippen LogP contribution in [-0.4, -0.2) is 31.1 Å². The molecular formula is C14H19FN2O2. The fourth-order valence-electron chi connectivity index (χ4n) is 2.07. The summed E-state index contributed by atoms with van der Waals surface area (Å²) in [5.74, 6) is 0.150. The summed E-state index contributed by atoms with van der Waals surface area (Å²) in [5.41, 5.74) is 0. The molecule has 1 aliphatic rings. The summed E-state index contributed by atoms with van der Waals surface area (Å²) in [7, 11) is 0. The monoisotopic (exact) mass is 266 g/mol. The number of hydrogen-bond acceptors (Lipinski definition) is 3. The van der Waals surface area contributed by atoms with E-state index in [-0.39, 0.29) is 23.8 Å². The summed E-state index contributed by atoms with van der Waals surface area (Å²) in [6, 6.07) is 5.78. The zero-order chi connectivity index (χ0) is 13.7. The SMILES string of the molecule is CC(COc1cccc(F)c1)NC(=O)C1CCCN1. The maximum absolute atomic E-state index is 12.9. The molecule has 19 heavy (non-hydrogen) atoms. The second kappa shape index (κ2) is 6.52. The Kier molecular flexibility index (Phi) is 4.74. The fraction of sp³-hybridized carbons (Fsp3) is 0.500. The second-order valence-corrected chi connectivity index (χ2v) is 4.83. The minimum Gasteiger partial charge on any atom is -0.491 e. The molecule has 2 atom stereocenters. The van der Waals surface area contributed by atoms with Gasteiger partial charge in [-0.25, -0.2) is 4.39 Å². The van der Waals surface area contributed by atoms with Crippen molar-refractivity contribution in [2.45, 2.75) is 31.8 Å². The Morgan fingerprint density at radius 2 is 2.47 bits per heavy atom. The molecule has 4 nitrogen and oxygen atoms in total. The van der Waals surface area contributed by atoms with Crippen molar-refractivity contribution in [3.05, 3.63) is 30.1 Å². The van der Waals surface area contributed by atoms with Gasteiger partial charge in [0.05, 0.1) is 12.1 Å². The number of nitrogens with one attached hydrogen (secondary N) is 2. The summed E-state index contributed by atoms with van der Waals surface area (Å²) in [5, 5.41) is 6.03. The van der Waals surface area contributed by atoms with Gasteiger partial charge in [0, 0.05) is 6.07 Å². The quantitative estimate of drug-likeness (QED) is 0.848. The first kappa shape index (κ1) is 13.8. The van der Waals surface area contributed by atoms with E-state index >= 15 is 0 Å². The molecule has 0 radical (unpaired) electrons. The number of carbonyl (C=O) groups excluding carboxylic acids is 1. The van der Waals surface area contributed by atoms with Crippen LogP contribution in [0.2, 0.25) is 0 Å². The minimum atomic E-state index is -0.329. The lowest BCUT2D eigenvalue weighted by Gasteiger charge is -2.17. The summed E-state index contributed by atoms with van der Waals surface area (Å²) in [4.78, 5) is 11.8. The normalized spacial score (nSPS) is 20.0. The van der Waals surface area contributed by atoms with Gasteiger partial charge in [0.1, 0.15) is 18.2 Å². The fourth-order valence-corrected chi connectivity index (χ4v) is 2.07. The highest BCUT2D eigenvalue weighted by atomic mass is 19.1. The Morgan fingerprint density at radius 1 is 1.63 bits per heavy atom. The number of benzene rings is 1. The van der Waals surface area contributed by atoms with Crippen molar-refractivity contribution in [2.75, 3.05) is 13.2 Å². The third-order valence-electron chi connectivity index (χ3n) is 3.06. The molecule has 2 unspecified atom stereocenters. The zero-order valence-electron chi connectivity index (χ0n) is 11.0. The molecule has 0 saturated carbocycles. The van der Waals surface area contributed by atoms with E-state index in [4.69, 9.17) is 4.74 Å². The largest absolute Gasteiger partial charge is 0.491 e. The number of halogens is 1. The average Bonchev–Trinajstić information content (AvgIpc) is 2.90. The number of amides is 1. The van der Waals surface area contributed by atoms with Gasteiger partial charge in [0.2, 0.25) is 5.91 Å². The van der Waals surface area contributed by atoms with E-state index in [0.717, 1.165) is 19.4 Å². The van der Waals surface area contributed by atoms with Gasteiger partial charge in [-0.15, -0.1) is 0 Å². The first-order chi connectivity index (χ1) is 9.15. The van der Waals surface area contributed by atoms with Crippen molar-refractivity contribution < 1.29 is 13.9 Å². The van der Waals surface area contributed by atoms with E-state index in [1.54, 1.807) is 12.1 Å². The number of rotatable bonds is 5. The van der Waals surface area contributed by atoms with Gasteiger partial charge >= 0.3 is 0 Å². The minimum absolute atomic E-state index is 0.00726. The molecule has 0 aliphatic carbocycles. The van der Waals surface area contributed by atoms with Crippen LogP contribution in [0.25, 0.3) is 0 Å². The maximum Gasteiger partial charge on any atom is 0.237 e. The molecule has 1 amide bonds. The zero-order valence-corrected chi connectivity index (χ0v) is 11.0. The van der Waals surface area contributed by atoms with Crippen molar-refractivity contribution in [2.24, 2.45) is 0 Å². The van der Waals surface area contributed by atoms with E-state index in [1.165, 1.54) is 12.1 Å². The van der Waals surface area contributed by atoms with E-state index in [9.17, 15) is 9.18 Å². The highest BCUT2D eigenvalue weighted by Crippen LogP contribution is 2.12. The number of carbonyl (C=O) groups is 1. The number of hydrogen-bond donors (Lipinski definition) is 2. The Morgan fingerprint density at radius 3 is 3.16 bits per heavy atom. The highest BCUT2D eigenvalue weighted by molar-refractivity contribution is 5.82. The van der Waals surface area contributed by atoms with Crippen LogP contribution in [0.4, 0.5) is 4.39 Å². The van der Waals surface area contributed by atoms with Crippen LogP contribution < -0.4 is 15.4 Å². The third kappa shape index (κ3) is 4.21. The topological polar surface area (TPSA) is 50.4 Å². The molecule has 1 fully saturated rings. The first-order valence-electron chi connectivity index (χ1n) is 6.57.